The summed E-state index contributed by atoms with van der Waals surface area (Å²) in [6.07, 6.45) is 1.07. The molecule has 1 aromatic heterocycles. The van der Waals surface area contributed by atoms with Gasteiger partial charge in [-0.1, -0.05) is 13.8 Å². The number of rotatable bonds is 1. The van der Waals surface area contributed by atoms with E-state index in [1.54, 1.807) is 0 Å². The number of aromatic hydroxyl groups is 1. The van der Waals surface area contributed by atoms with Crippen molar-refractivity contribution in [1.29, 1.82) is 0 Å². The number of carbonyl (C=O) groups is 1. The number of nitrogens with zero attached hydrogens (tertiary/aromatic N) is 1. The minimum absolute atomic E-state index is 0.200. The molecule has 5 nitrogen and oxygen atoms in total. The molecule has 0 saturated heterocycles. The number of ketones is 1. The predicted octanol–water partition coefficient (Wildman–Crippen LogP) is 0.704. The van der Waals surface area contributed by atoms with Crippen molar-refractivity contribution in [1.82, 2.24) is 9.97 Å². The van der Waals surface area contributed by atoms with Crippen molar-refractivity contribution in [3.63, 3.8) is 0 Å². The number of aromatic nitrogens is 2. The van der Waals surface area contributed by atoms with Gasteiger partial charge in [0.25, 0.3) is 5.56 Å². The highest BCUT2D eigenvalue weighted by Gasteiger charge is 2.09. The Kier molecular flexibility index (Phi) is 4.43. The summed E-state index contributed by atoms with van der Waals surface area (Å²) in [5, 5.41) is 8.94. The lowest BCUT2D eigenvalue weighted by Gasteiger charge is -1.94. The molecular formula is C8H12N2O3. The molecule has 0 radical (unpaired) electrons. The van der Waals surface area contributed by atoms with Gasteiger partial charge in [-0.15, -0.1) is 0 Å². The van der Waals surface area contributed by atoms with Crippen LogP contribution in [0.5, 0.6) is 5.75 Å². The Morgan fingerprint density at radius 2 is 2.08 bits per heavy atom. The SMILES string of the molecule is CC.CC(=O)c1nc[nH]c(=O)c1O. The fraction of sp³-hybridized carbons (Fsp3) is 0.375. The number of carbonyl (C=O) groups excluding carboxylic acids is 1. The topological polar surface area (TPSA) is 83.0 Å². The Labute approximate surface area is 75.5 Å². The van der Waals surface area contributed by atoms with E-state index in [1.807, 2.05) is 13.8 Å². The molecule has 13 heavy (non-hydrogen) atoms. The lowest BCUT2D eigenvalue weighted by atomic mass is 10.3. The molecule has 0 unspecified atom stereocenters. The van der Waals surface area contributed by atoms with E-state index in [-0.39, 0.29) is 5.69 Å². The number of nitrogens with one attached hydrogen (secondary N) is 1. The van der Waals surface area contributed by atoms with E-state index in [9.17, 15) is 9.59 Å². The van der Waals surface area contributed by atoms with Crippen molar-refractivity contribution in [2.75, 3.05) is 0 Å². The molecule has 1 aromatic rings. The van der Waals surface area contributed by atoms with Crippen molar-refractivity contribution in [2.45, 2.75) is 20.8 Å². The van der Waals surface area contributed by atoms with Crippen LogP contribution in [0.3, 0.4) is 0 Å². The quantitative estimate of drug-likeness (QED) is 0.629. The molecule has 0 aliphatic carbocycles. The summed E-state index contributed by atoms with van der Waals surface area (Å²) in [5.41, 5.74) is -0.904. The van der Waals surface area contributed by atoms with E-state index in [1.165, 1.54) is 6.92 Å². The molecular weight excluding hydrogens is 172 g/mol. The Morgan fingerprint density at radius 3 is 2.46 bits per heavy atom. The second kappa shape index (κ2) is 5.08. The van der Waals surface area contributed by atoms with Crippen LogP contribution in [0.2, 0.25) is 0 Å². The summed E-state index contributed by atoms with van der Waals surface area (Å²) in [6.45, 7) is 5.22. The molecule has 0 spiro atoms. The van der Waals surface area contributed by atoms with Crippen molar-refractivity contribution in [3.05, 3.63) is 22.4 Å². The molecule has 2 N–H and O–H groups in total. The third-order valence-electron chi connectivity index (χ3n) is 1.16. The van der Waals surface area contributed by atoms with Crippen LogP contribution in [-0.2, 0) is 0 Å². The first-order valence-electron chi connectivity index (χ1n) is 3.90. The van der Waals surface area contributed by atoms with Crippen LogP contribution in [0.15, 0.2) is 11.1 Å². The van der Waals surface area contributed by atoms with Crippen LogP contribution in [0.25, 0.3) is 0 Å². The first kappa shape index (κ1) is 11.4. The first-order valence-corrected chi connectivity index (χ1v) is 3.90. The zero-order valence-electron chi connectivity index (χ0n) is 7.79. The summed E-state index contributed by atoms with van der Waals surface area (Å²) in [6, 6.07) is 0. The van der Waals surface area contributed by atoms with E-state index >= 15 is 0 Å². The maximum Gasteiger partial charge on any atom is 0.293 e. The maximum absolute atomic E-state index is 10.6. The minimum Gasteiger partial charge on any atom is -0.501 e. The molecule has 5 heteroatoms. The number of H-pyrrole nitrogens is 1. The highest BCUT2D eigenvalue weighted by molar-refractivity contribution is 5.94. The van der Waals surface area contributed by atoms with Crippen molar-refractivity contribution >= 4 is 5.78 Å². The van der Waals surface area contributed by atoms with E-state index < -0.39 is 17.1 Å². The molecule has 0 aliphatic heterocycles. The first-order chi connectivity index (χ1) is 6.13. The average molecular weight is 184 g/mol. The fourth-order valence-electron chi connectivity index (χ4n) is 0.650. The summed E-state index contributed by atoms with van der Waals surface area (Å²) in [7, 11) is 0. The smallest absolute Gasteiger partial charge is 0.293 e. The van der Waals surface area contributed by atoms with Gasteiger partial charge >= 0.3 is 0 Å². The van der Waals surface area contributed by atoms with Gasteiger partial charge in [0.05, 0.1) is 6.33 Å². The Hall–Kier alpha value is -1.65. The molecule has 0 aromatic carbocycles. The highest BCUT2D eigenvalue weighted by atomic mass is 16.3. The zero-order valence-corrected chi connectivity index (χ0v) is 7.79. The Bertz CT molecular complexity index is 343. The van der Waals surface area contributed by atoms with Crippen LogP contribution < -0.4 is 5.56 Å². The van der Waals surface area contributed by atoms with Gasteiger partial charge in [-0.25, -0.2) is 4.98 Å². The second-order valence-electron chi connectivity index (χ2n) is 1.99. The molecule has 72 valence electrons. The van der Waals surface area contributed by atoms with E-state index in [2.05, 4.69) is 9.97 Å². The molecule has 1 heterocycles. The molecule has 0 atom stereocenters. The van der Waals surface area contributed by atoms with Crippen LogP contribution in [0.1, 0.15) is 31.3 Å². The van der Waals surface area contributed by atoms with Gasteiger partial charge in [-0.3, -0.25) is 9.59 Å². The van der Waals surface area contributed by atoms with Gasteiger partial charge < -0.3 is 10.1 Å². The number of Topliss-reactive ketones (excluding diaryl/α,β-unsaturated/α-hetero) is 1. The van der Waals surface area contributed by atoms with Gasteiger partial charge in [0, 0.05) is 6.92 Å². The van der Waals surface area contributed by atoms with E-state index in [0.717, 1.165) is 6.33 Å². The monoisotopic (exact) mass is 184 g/mol. The van der Waals surface area contributed by atoms with Gasteiger partial charge in [0.1, 0.15) is 0 Å². The Balaban J connectivity index is 0.000000671. The van der Waals surface area contributed by atoms with Crippen LogP contribution in [-0.4, -0.2) is 20.9 Å². The average Bonchev–Trinajstić information content (AvgIpc) is 2.13. The van der Waals surface area contributed by atoms with Crippen molar-refractivity contribution in [3.8, 4) is 5.75 Å². The molecule has 1 rings (SSSR count). The van der Waals surface area contributed by atoms with E-state index in [0.29, 0.717) is 0 Å². The highest BCUT2D eigenvalue weighted by Crippen LogP contribution is 2.05. The fourth-order valence-corrected chi connectivity index (χ4v) is 0.650. The summed E-state index contributed by atoms with van der Waals surface area (Å²) < 4.78 is 0. The number of aromatic amines is 1. The molecule has 0 fully saturated rings. The lowest BCUT2D eigenvalue weighted by Crippen LogP contribution is -2.10. The third kappa shape index (κ3) is 2.70. The van der Waals surface area contributed by atoms with Gasteiger partial charge in [0.2, 0.25) is 5.75 Å². The number of hydrogen-bond donors (Lipinski definition) is 2. The van der Waals surface area contributed by atoms with Crippen LogP contribution in [0, 0.1) is 0 Å². The standard InChI is InChI=1S/C6H6N2O3.C2H6/c1-3(9)4-5(10)6(11)8-2-7-4;1-2/h2,10H,1H3,(H,7,8,11);1-2H3. The summed E-state index contributed by atoms with van der Waals surface area (Å²) in [5.74, 6) is -1.06. The predicted molar refractivity (Wildman–Crippen MR) is 47.9 cm³/mol. The maximum atomic E-state index is 10.6. The Morgan fingerprint density at radius 1 is 1.54 bits per heavy atom. The van der Waals surface area contributed by atoms with Crippen molar-refractivity contribution < 1.29 is 9.90 Å². The largest absolute Gasteiger partial charge is 0.501 e. The lowest BCUT2D eigenvalue weighted by molar-refractivity contribution is 0.101. The second-order valence-corrected chi connectivity index (χ2v) is 1.99. The minimum atomic E-state index is -0.704. The number of hydrogen-bond acceptors (Lipinski definition) is 4. The third-order valence-corrected chi connectivity index (χ3v) is 1.16. The molecule has 0 saturated carbocycles. The van der Waals surface area contributed by atoms with Crippen molar-refractivity contribution in [2.24, 2.45) is 0 Å². The van der Waals surface area contributed by atoms with Crippen LogP contribution in [0.4, 0.5) is 0 Å². The molecule has 0 bridgehead atoms. The van der Waals surface area contributed by atoms with E-state index in [4.69, 9.17) is 5.11 Å². The molecule has 0 amide bonds. The zero-order chi connectivity index (χ0) is 10.4. The van der Waals surface area contributed by atoms with Gasteiger partial charge in [0.15, 0.2) is 11.5 Å². The van der Waals surface area contributed by atoms with Gasteiger partial charge in [-0.2, -0.15) is 0 Å². The summed E-state index contributed by atoms with van der Waals surface area (Å²) in [4.78, 5) is 26.9. The normalized spacial score (nSPS) is 8.54. The van der Waals surface area contributed by atoms with Crippen LogP contribution >= 0.6 is 0 Å². The van der Waals surface area contributed by atoms with Gasteiger partial charge in [-0.05, 0) is 0 Å². The molecule has 0 aliphatic rings. The summed E-state index contributed by atoms with van der Waals surface area (Å²) >= 11 is 0.